The summed E-state index contributed by atoms with van der Waals surface area (Å²) in [5.74, 6) is 0.138. The van der Waals surface area contributed by atoms with Crippen molar-refractivity contribution in [2.75, 3.05) is 11.9 Å². The number of aryl methyl sites for hydroxylation is 1. The Balaban J connectivity index is 2.11. The van der Waals surface area contributed by atoms with Gasteiger partial charge >= 0.3 is 5.69 Å². The molecule has 0 aliphatic heterocycles. The molecule has 2 aromatic rings. The second kappa shape index (κ2) is 5.43. The van der Waals surface area contributed by atoms with Crippen LogP contribution < -0.4 is 5.32 Å². The number of hydrogen-bond acceptors (Lipinski definition) is 6. The van der Waals surface area contributed by atoms with E-state index in [9.17, 15) is 10.1 Å². The Morgan fingerprint density at radius 1 is 1.38 bits per heavy atom. The van der Waals surface area contributed by atoms with Gasteiger partial charge in [0.25, 0.3) is 0 Å². The highest BCUT2D eigenvalue weighted by molar-refractivity contribution is 5.60. The number of aromatic nitrogens is 3. The van der Waals surface area contributed by atoms with Crippen LogP contribution in [0.25, 0.3) is 0 Å². The van der Waals surface area contributed by atoms with Gasteiger partial charge in [0.1, 0.15) is 12.0 Å². The van der Waals surface area contributed by atoms with Crippen LogP contribution in [-0.2, 0) is 6.42 Å². The predicted molar refractivity (Wildman–Crippen MR) is 77.3 cm³/mol. The number of fused-ring (bicyclic) bond motifs is 1. The van der Waals surface area contributed by atoms with Crippen LogP contribution in [0.2, 0.25) is 0 Å². The first-order chi connectivity index (χ1) is 10.2. The van der Waals surface area contributed by atoms with Crippen LogP contribution in [0.15, 0.2) is 24.7 Å². The van der Waals surface area contributed by atoms with Crippen molar-refractivity contribution < 1.29 is 4.92 Å². The molecule has 0 fully saturated rings. The zero-order chi connectivity index (χ0) is 14.8. The van der Waals surface area contributed by atoms with Gasteiger partial charge in [0.05, 0.1) is 16.5 Å². The third-order valence-corrected chi connectivity index (χ3v) is 3.67. The van der Waals surface area contributed by atoms with Crippen molar-refractivity contribution in [2.45, 2.75) is 25.7 Å². The van der Waals surface area contributed by atoms with E-state index in [2.05, 4.69) is 20.3 Å². The maximum absolute atomic E-state index is 11.5. The first kappa shape index (κ1) is 13.4. The predicted octanol–water partition coefficient (Wildman–Crippen LogP) is 2.29. The SMILES string of the molecule is CCNc1ncnc(C2CCc3cccnc32)c1[N+](=O)[O-]. The lowest BCUT2D eigenvalue weighted by Gasteiger charge is -2.12. The summed E-state index contributed by atoms with van der Waals surface area (Å²) in [6.45, 7) is 2.44. The number of rotatable bonds is 4. The van der Waals surface area contributed by atoms with Gasteiger partial charge in [0.15, 0.2) is 0 Å². The van der Waals surface area contributed by atoms with Crippen molar-refractivity contribution in [1.29, 1.82) is 0 Å². The molecule has 108 valence electrons. The van der Waals surface area contributed by atoms with Crippen molar-refractivity contribution in [3.8, 4) is 0 Å². The number of nitrogens with one attached hydrogen (secondary N) is 1. The van der Waals surface area contributed by atoms with Crippen LogP contribution in [0.3, 0.4) is 0 Å². The maximum atomic E-state index is 11.5. The van der Waals surface area contributed by atoms with Crippen molar-refractivity contribution >= 4 is 11.5 Å². The molecule has 2 aromatic heterocycles. The van der Waals surface area contributed by atoms with E-state index in [1.165, 1.54) is 6.33 Å². The summed E-state index contributed by atoms with van der Waals surface area (Å²) in [6.07, 6.45) is 4.75. The average Bonchev–Trinajstić information content (AvgIpc) is 2.91. The normalized spacial score (nSPS) is 16.5. The van der Waals surface area contributed by atoms with Crippen LogP contribution in [0.5, 0.6) is 0 Å². The molecular weight excluding hydrogens is 270 g/mol. The van der Waals surface area contributed by atoms with Gasteiger partial charge in [-0.1, -0.05) is 6.07 Å². The van der Waals surface area contributed by atoms with Gasteiger partial charge in [-0.3, -0.25) is 15.1 Å². The zero-order valence-electron chi connectivity index (χ0n) is 11.6. The summed E-state index contributed by atoms with van der Waals surface area (Å²) < 4.78 is 0. The van der Waals surface area contributed by atoms with Crippen LogP contribution in [0.4, 0.5) is 11.5 Å². The zero-order valence-corrected chi connectivity index (χ0v) is 11.6. The second-order valence-corrected chi connectivity index (χ2v) is 4.88. The molecule has 0 saturated carbocycles. The van der Waals surface area contributed by atoms with E-state index in [1.54, 1.807) is 6.20 Å². The molecular formula is C14H15N5O2. The van der Waals surface area contributed by atoms with Gasteiger partial charge < -0.3 is 5.32 Å². The molecule has 0 spiro atoms. The van der Waals surface area contributed by atoms with E-state index >= 15 is 0 Å². The number of hydrogen-bond donors (Lipinski definition) is 1. The highest BCUT2D eigenvalue weighted by Crippen LogP contribution is 2.40. The average molecular weight is 285 g/mol. The Morgan fingerprint density at radius 2 is 2.24 bits per heavy atom. The fraction of sp³-hybridized carbons (Fsp3) is 0.357. The fourth-order valence-electron chi connectivity index (χ4n) is 2.80. The van der Waals surface area contributed by atoms with Crippen LogP contribution in [0.1, 0.15) is 36.2 Å². The second-order valence-electron chi connectivity index (χ2n) is 4.88. The molecule has 21 heavy (non-hydrogen) atoms. The molecule has 1 aliphatic rings. The molecule has 7 heteroatoms. The van der Waals surface area contributed by atoms with Crippen molar-refractivity contribution in [3.05, 3.63) is 51.7 Å². The summed E-state index contributed by atoms with van der Waals surface area (Å²) >= 11 is 0. The molecule has 1 unspecified atom stereocenters. The smallest absolute Gasteiger partial charge is 0.333 e. The molecule has 0 saturated heterocycles. The summed E-state index contributed by atoms with van der Waals surface area (Å²) in [5.41, 5.74) is 2.44. The lowest BCUT2D eigenvalue weighted by molar-refractivity contribution is -0.385. The molecule has 1 aliphatic carbocycles. The molecule has 2 heterocycles. The Hall–Kier alpha value is -2.57. The Labute approximate surface area is 121 Å². The van der Waals surface area contributed by atoms with Crippen LogP contribution >= 0.6 is 0 Å². The van der Waals surface area contributed by atoms with Crippen LogP contribution in [-0.4, -0.2) is 26.4 Å². The summed E-state index contributed by atoms with van der Waals surface area (Å²) in [4.78, 5) is 23.6. The highest BCUT2D eigenvalue weighted by atomic mass is 16.6. The van der Waals surface area contributed by atoms with Crippen molar-refractivity contribution in [3.63, 3.8) is 0 Å². The molecule has 0 aromatic carbocycles. The first-order valence-electron chi connectivity index (χ1n) is 6.89. The van der Waals surface area contributed by atoms with Gasteiger partial charge in [-0.2, -0.15) is 0 Å². The van der Waals surface area contributed by atoms with Gasteiger partial charge in [-0.15, -0.1) is 0 Å². The third kappa shape index (κ3) is 2.31. The number of nitrogens with zero attached hydrogens (tertiary/aromatic N) is 4. The molecule has 0 bridgehead atoms. The van der Waals surface area contributed by atoms with Crippen LogP contribution in [0, 0.1) is 10.1 Å². The molecule has 7 nitrogen and oxygen atoms in total. The minimum atomic E-state index is -0.408. The Morgan fingerprint density at radius 3 is 3.00 bits per heavy atom. The summed E-state index contributed by atoms with van der Waals surface area (Å²) in [6, 6.07) is 3.90. The summed E-state index contributed by atoms with van der Waals surface area (Å²) in [7, 11) is 0. The molecule has 0 amide bonds. The third-order valence-electron chi connectivity index (χ3n) is 3.67. The lowest BCUT2D eigenvalue weighted by atomic mass is 10.0. The fourth-order valence-corrected chi connectivity index (χ4v) is 2.80. The number of anilines is 1. The molecule has 1 N–H and O–H groups in total. The van der Waals surface area contributed by atoms with Crippen molar-refractivity contribution in [2.24, 2.45) is 0 Å². The molecule has 0 radical (unpaired) electrons. The minimum Gasteiger partial charge on any atom is -0.365 e. The van der Waals surface area contributed by atoms with E-state index in [4.69, 9.17) is 0 Å². The van der Waals surface area contributed by atoms with E-state index in [0.29, 0.717) is 12.2 Å². The molecule has 3 rings (SSSR count). The quantitative estimate of drug-likeness (QED) is 0.684. The molecule has 1 atom stereocenters. The Bertz CT molecular complexity index is 689. The number of nitro groups is 1. The number of pyridine rings is 1. The van der Waals surface area contributed by atoms with Gasteiger partial charge in [-0.05, 0) is 31.4 Å². The highest BCUT2D eigenvalue weighted by Gasteiger charge is 2.34. The monoisotopic (exact) mass is 285 g/mol. The maximum Gasteiger partial charge on any atom is 0.333 e. The van der Waals surface area contributed by atoms with Gasteiger partial charge in [0, 0.05) is 12.7 Å². The standard InChI is InChI=1S/C14H15N5O2/c1-2-15-14-13(19(20)21)12(17-8-18-14)10-6-5-9-4-3-7-16-11(9)10/h3-4,7-8,10H,2,5-6H2,1H3,(H,15,17,18). The first-order valence-corrected chi connectivity index (χ1v) is 6.89. The van der Waals surface area contributed by atoms with Gasteiger partial charge in [0.2, 0.25) is 5.82 Å². The van der Waals surface area contributed by atoms with Crippen molar-refractivity contribution in [1.82, 2.24) is 15.0 Å². The van der Waals surface area contributed by atoms with E-state index in [-0.39, 0.29) is 17.4 Å². The van der Waals surface area contributed by atoms with E-state index in [1.807, 2.05) is 19.1 Å². The summed E-state index contributed by atoms with van der Waals surface area (Å²) in [5, 5.41) is 14.4. The van der Waals surface area contributed by atoms with E-state index in [0.717, 1.165) is 24.1 Å². The van der Waals surface area contributed by atoms with Gasteiger partial charge in [-0.25, -0.2) is 9.97 Å². The minimum absolute atomic E-state index is 0.0390. The Kier molecular flexibility index (Phi) is 3.47. The lowest BCUT2D eigenvalue weighted by Crippen LogP contribution is -2.11. The topological polar surface area (TPSA) is 93.8 Å². The largest absolute Gasteiger partial charge is 0.365 e. The van der Waals surface area contributed by atoms with E-state index < -0.39 is 4.92 Å².